The number of rotatable bonds is 6. The number of nitrogens with zero attached hydrogens (tertiary/aromatic N) is 5. The van der Waals surface area contributed by atoms with Gasteiger partial charge in [-0.1, -0.05) is 17.3 Å². The van der Waals surface area contributed by atoms with Crippen LogP contribution < -0.4 is 4.90 Å². The van der Waals surface area contributed by atoms with Crippen LogP contribution in [0.4, 0.5) is 10.1 Å². The molecule has 0 N–H and O–H groups in total. The lowest BCUT2D eigenvalue weighted by molar-refractivity contribution is -0.156. The van der Waals surface area contributed by atoms with Gasteiger partial charge in [0, 0.05) is 43.7 Å². The smallest absolute Gasteiger partial charge is 0.306 e. The number of fused-ring (bicyclic) bond motifs is 1. The Labute approximate surface area is 238 Å². The van der Waals surface area contributed by atoms with Gasteiger partial charge in [0.25, 0.3) is 5.89 Å². The van der Waals surface area contributed by atoms with Crippen LogP contribution in [0.2, 0.25) is 0 Å². The summed E-state index contributed by atoms with van der Waals surface area (Å²) in [6.07, 6.45) is 1.17. The van der Waals surface area contributed by atoms with E-state index in [1.165, 1.54) is 0 Å². The minimum Gasteiger partial charge on any atom is -0.460 e. The highest BCUT2D eigenvalue weighted by Gasteiger charge is 2.25. The van der Waals surface area contributed by atoms with Crippen molar-refractivity contribution in [1.29, 1.82) is 5.26 Å². The van der Waals surface area contributed by atoms with E-state index in [0.717, 1.165) is 23.1 Å². The molecule has 3 aromatic rings. The molecule has 0 saturated carbocycles. The maximum absolute atomic E-state index is 13.7. The van der Waals surface area contributed by atoms with Crippen molar-refractivity contribution in [3.05, 3.63) is 53.1 Å². The molecule has 3 heterocycles. The summed E-state index contributed by atoms with van der Waals surface area (Å²) >= 11 is 0. The van der Waals surface area contributed by atoms with E-state index >= 15 is 0 Å². The Hall–Kier alpha value is -4.26. The second-order valence-corrected chi connectivity index (χ2v) is 11.5. The molecule has 1 atom stereocenters. The van der Waals surface area contributed by atoms with Crippen molar-refractivity contribution in [3.63, 3.8) is 0 Å². The summed E-state index contributed by atoms with van der Waals surface area (Å²) in [5.74, 6) is 0.308. The van der Waals surface area contributed by atoms with Gasteiger partial charge in [-0.25, -0.2) is 4.39 Å². The van der Waals surface area contributed by atoms with Crippen LogP contribution in [0.15, 0.2) is 40.9 Å². The topological polar surface area (TPSA) is 113 Å². The molecular weight excluding hydrogens is 525 g/mol. The lowest BCUT2D eigenvalue weighted by Gasteiger charge is -2.22. The molecule has 214 valence electrons. The average molecular weight is 560 g/mol. The van der Waals surface area contributed by atoms with Gasteiger partial charge in [0.05, 0.1) is 17.7 Å². The molecule has 1 fully saturated rings. The normalized spacial score (nSPS) is 17.1. The van der Waals surface area contributed by atoms with Crippen LogP contribution in [0.5, 0.6) is 0 Å². The van der Waals surface area contributed by atoms with Crippen LogP contribution in [-0.4, -0.2) is 64.9 Å². The Bertz CT molecular complexity index is 1490. The number of aromatic nitrogens is 2. The number of amides is 1. The van der Waals surface area contributed by atoms with Crippen molar-refractivity contribution >= 4 is 17.6 Å². The van der Waals surface area contributed by atoms with Gasteiger partial charge in [0.15, 0.2) is 0 Å². The largest absolute Gasteiger partial charge is 0.460 e. The van der Waals surface area contributed by atoms with Gasteiger partial charge in [-0.15, -0.1) is 0 Å². The minimum atomic E-state index is -0.881. The molecule has 0 spiro atoms. The van der Waals surface area contributed by atoms with Gasteiger partial charge >= 0.3 is 5.97 Å². The quantitative estimate of drug-likeness (QED) is 0.393. The maximum Gasteiger partial charge on any atom is 0.306 e. The monoisotopic (exact) mass is 559 g/mol. The number of anilines is 1. The SMILES string of the molecule is CC(C)(C)OC(=O)CCC(=O)N1CCc2ccc(-c3noc(-c4ccc(N5CCC(F)C5)c(C#N)c4)n3)cc2CC1. The van der Waals surface area contributed by atoms with Crippen molar-refractivity contribution in [2.75, 3.05) is 31.1 Å². The van der Waals surface area contributed by atoms with Crippen LogP contribution in [0.25, 0.3) is 22.8 Å². The first kappa shape index (κ1) is 28.3. The number of benzene rings is 2. The predicted molar refractivity (Wildman–Crippen MR) is 151 cm³/mol. The zero-order chi connectivity index (χ0) is 29.1. The number of carbonyl (C=O) groups excluding carboxylic acids is 2. The number of hydrogen-bond acceptors (Lipinski definition) is 8. The van der Waals surface area contributed by atoms with Gasteiger partial charge < -0.3 is 19.1 Å². The first-order chi connectivity index (χ1) is 19.6. The van der Waals surface area contributed by atoms with E-state index < -0.39 is 11.8 Å². The van der Waals surface area contributed by atoms with Gasteiger partial charge in [0.2, 0.25) is 11.7 Å². The van der Waals surface area contributed by atoms with E-state index in [1.807, 2.05) is 54.8 Å². The average Bonchev–Trinajstić information content (AvgIpc) is 3.55. The molecule has 0 bridgehead atoms. The Morgan fingerprint density at radius 2 is 1.83 bits per heavy atom. The van der Waals surface area contributed by atoms with Crippen molar-refractivity contribution in [1.82, 2.24) is 15.0 Å². The highest BCUT2D eigenvalue weighted by Crippen LogP contribution is 2.31. The summed E-state index contributed by atoms with van der Waals surface area (Å²) in [6, 6.07) is 13.5. The van der Waals surface area contributed by atoms with Crippen molar-refractivity contribution in [3.8, 4) is 28.9 Å². The highest BCUT2D eigenvalue weighted by molar-refractivity contribution is 5.81. The molecule has 9 nitrogen and oxygen atoms in total. The molecule has 1 saturated heterocycles. The summed E-state index contributed by atoms with van der Waals surface area (Å²) < 4.78 is 24.6. The molecular formula is C31H34FN5O4. The van der Waals surface area contributed by atoms with E-state index in [2.05, 4.69) is 16.2 Å². The Balaban J connectivity index is 1.25. The van der Waals surface area contributed by atoms with E-state index in [9.17, 15) is 19.2 Å². The molecule has 41 heavy (non-hydrogen) atoms. The van der Waals surface area contributed by atoms with Crippen LogP contribution >= 0.6 is 0 Å². The number of ether oxygens (including phenoxy) is 1. The number of carbonyl (C=O) groups is 2. The van der Waals surface area contributed by atoms with E-state index in [1.54, 1.807) is 12.1 Å². The van der Waals surface area contributed by atoms with Crippen molar-refractivity contribution in [2.45, 2.75) is 64.6 Å². The fourth-order valence-electron chi connectivity index (χ4n) is 5.30. The third-order valence-corrected chi connectivity index (χ3v) is 7.34. The van der Waals surface area contributed by atoms with Gasteiger partial charge in [0.1, 0.15) is 17.8 Å². The molecule has 2 aliphatic rings. The molecule has 10 heteroatoms. The zero-order valence-electron chi connectivity index (χ0n) is 23.7. The maximum atomic E-state index is 13.7. The highest BCUT2D eigenvalue weighted by atomic mass is 19.1. The molecule has 2 aromatic carbocycles. The lowest BCUT2D eigenvalue weighted by atomic mass is 10.00. The van der Waals surface area contributed by atoms with Crippen molar-refractivity contribution in [2.24, 2.45) is 0 Å². The molecule has 5 rings (SSSR count). The van der Waals surface area contributed by atoms with Gasteiger partial charge in [-0.05, 0) is 75.4 Å². The molecule has 1 amide bonds. The summed E-state index contributed by atoms with van der Waals surface area (Å²) in [5, 5.41) is 13.9. The van der Waals surface area contributed by atoms with Crippen molar-refractivity contribution < 1.29 is 23.2 Å². The molecule has 1 unspecified atom stereocenters. The standard InChI is InChI=1S/C31H34FN5O4/c1-31(2,3)40-28(39)9-8-27(38)36-13-10-20-4-5-22(16-21(20)11-14-36)29-34-30(41-35-29)23-6-7-26(24(17-23)18-33)37-15-12-25(32)19-37/h4-7,16-17,25H,8-15,19H2,1-3H3. The second-order valence-electron chi connectivity index (χ2n) is 11.5. The van der Waals surface area contributed by atoms with Crippen LogP contribution in [0.1, 0.15) is 56.7 Å². The Kier molecular flexibility index (Phi) is 8.06. The molecule has 0 radical (unpaired) electrons. The van der Waals surface area contributed by atoms with Crippen LogP contribution in [0.3, 0.4) is 0 Å². The number of nitriles is 1. The number of hydrogen-bond donors (Lipinski definition) is 0. The predicted octanol–water partition coefficient (Wildman–Crippen LogP) is 4.87. The van der Waals surface area contributed by atoms with E-state index in [0.29, 0.717) is 61.0 Å². The zero-order valence-corrected chi connectivity index (χ0v) is 23.7. The van der Waals surface area contributed by atoms with Gasteiger partial charge in [-0.2, -0.15) is 10.2 Å². The lowest BCUT2D eigenvalue weighted by Crippen LogP contribution is -2.34. The first-order valence-corrected chi connectivity index (χ1v) is 14.0. The van der Waals surface area contributed by atoms with Crippen LogP contribution in [0, 0.1) is 11.3 Å². The second kappa shape index (κ2) is 11.7. The van der Waals surface area contributed by atoms with E-state index in [4.69, 9.17) is 9.26 Å². The molecule has 0 aliphatic carbocycles. The fourth-order valence-corrected chi connectivity index (χ4v) is 5.30. The Morgan fingerprint density at radius 3 is 2.54 bits per heavy atom. The van der Waals surface area contributed by atoms with Crippen LogP contribution in [-0.2, 0) is 27.2 Å². The first-order valence-electron chi connectivity index (χ1n) is 14.0. The fraction of sp³-hybridized carbons (Fsp3) is 0.452. The number of alkyl halides is 1. The third-order valence-electron chi connectivity index (χ3n) is 7.34. The summed E-state index contributed by atoms with van der Waals surface area (Å²) in [7, 11) is 0. The molecule has 2 aliphatic heterocycles. The third kappa shape index (κ3) is 6.73. The Morgan fingerprint density at radius 1 is 1.07 bits per heavy atom. The number of halogens is 1. The summed E-state index contributed by atoms with van der Waals surface area (Å²) in [5.41, 5.74) is 4.27. The molecule has 1 aromatic heterocycles. The summed E-state index contributed by atoms with van der Waals surface area (Å²) in [4.78, 5) is 33.1. The summed E-state index contributed by atoms with van der Waals surface area (Å²) in [6.45, 7) is 7.44. The number of esters is 1. The van der Waals surface area contributed by atoms with E-state index in [-0.39, 0.29) is 31.3 Å². The minimum absolute atomic E-state index is 0.0521. The van der Waals surface area contributed by atoms with Gasteiger partial charge in [-0.3, -0.25) is 9.59 Å².